The highest BCUT2D eigenvalue weighted by Gasteiger charge is 2.52. The molecule has 0 radical (unpaired) electrons. The Bertz CT molecular complexity index is 814. The van der Waals surface area contributed by atoms with Gasteiger partial charge in [0.2, 0.25) is 11.8 Å². The summed E-state index contributed by atoms with van der Waals surface area (Å²) in [4.78, 5) is 49.0. The second-order valence-electron chi connectivity index (χ2n) is 9.89. The molecule has 1 aliphatic carbocycles. The summed E-state index contributed by atoms with van der Waals surface area (Å²) in [5.74, 6) is -0.213. The van der Waals surface area contributed by atoms with Gasteiger partial charge in [-0.3, -0.25) is 19.4 Å². The number of hydrogen-bond acceptors (Lipinski definition) is 4. The van der Waals surface area contributed by atoms with Crippen LogP contribution in [0.4, 0.5) is 0 Å². The predicted octanol–water partition coefficient (Wildman–Crippen LogP) is 2.97. The number of hydrogen-bond donors (Lipinski definition) is 0. The van der Waals surface area contributed by atoms with Crippen LogP contribution in [0, 0.1) is 11.3 Å². The Hall–Kier alpha value is -2.44. The smallest absolute Gasteiger partial charge is 0.254 e. The highest BCUT2D eigenvalue weighted by molar-refractivity contribution is 5.95. The Morgan fingerprint density at radius 3 is 2.25 bits per heavy atom. The lowest BCUT2D eigenvalue weighted by Crippen LogP contribution is -2.47. The van der Waals surface area contributed by atoms with Crippen LogP contribution in [-0.4, -0.2) is 77.2 Å². The standard InChI is InChI=1S/C25H36N4O3/c1-27(18-22(30)28-15-7-2-3-8-16-28)24(32)21-17-29(19-25(21)11-5-4-6-12-25)23(31)20-9-13-26-14-10-20/h9-10,13-14,21H,2-8,11-12,15-19H2,1H3. The first kappa shape index (κ1) is 22.7. The molecule has 0 aromatic carbocycles. The largest absolute Gasteiger partial charge is 0.341 e. The molecule has 0 N–H and O–H groups in total. The van der Waals surface area contributed by atoms with Crippen molar-refractivity contribution in [2.45, 2.75) is 57.8 Å². The number of pyridine rings is 1. The van der Waals surface area contributed by atoms with Gasteiger partial charge in [-0.15, -0.1) is 0 Å². The monoisotopic (exact) mass is 440 g/mol. The van der Waals surface area contributed by atoms with Crippen molar-refractivity contribution in [1.82, 2.24) is 19.7 Å². The molecule has 1 saturated carbocycles. The summed E-state index contributed by atoms with van der Waals surface area (Å²) in [7, 11) is 1.75. The molecule has 1 aromatic heterocycles. The number of rotatable bonds is 4. The summed E-state index contributed by atoms with van der Waals surface area (Å²) in [6.45, 7) is 2.77. The zero-order chi connectivity index (χ0) is 22.6. The summed E-state index contributed by atoms with van der Waals surface area (Å²) in [5.41, 5.74) is 0.446. The minimum Gasteiger partial charge on any atom is -0.341 e. The molecule has 7 heteroatoms. The first-order chi connectivity index (χ1) is 15.5. The molecule has 0 bridgehead atoms. The fourth-order valence-corrected chi connectivity index (χ4v) is 5.87. The van der Waals surface area contributed by atoms with E-state index in [1.54, 1.807) is 36.5 Å². The molecule has 1 unspecified atom stereocenters. The average molecular weight is 441 g/mol. The SMILES string of the molecule is CN(CC(=O)N1CCCCCC1)C(=O)C1CN(C(=O)c2ccncc2)CC12CCCCC2. The minimum atomic E-state index is -0.240. The van der Waals surface area contributed by atoms with Crippen LogP contribution in [0.25, 0.3) is 0 Å². The molecule has 2 aliphatic heterocycles. The zero-order valence-corrected chi connectivity index (χ0v) is 19.3. The van der Waals surface area contributed by atoms with E-state index < -0.39 is 0 Å². The van der Waals surface area contributed by atoms with Crippen molar-refractivity contribution >= 4 is 17.7 Å². The van der Waals surface area contributed by atoms with Gasteiger partial charge < -0.3 is 14.7 Å². The van der Waals surface area contributed by atoms with E-state index in [0.717, 1.165) is 51.6 Å². The Morgan fingerprint density at radius 2 is 1.59 bits per heavy atom. The van der Waals surface area contributed by atoms with Crippen molar-refractivity contribution in [2.75, 3.05) is 39.8 Å². The van der Waals surface area contributed by atoms with Crippen LogP contribution in [-0.2, 0) is 9.59 Å². The molecule has 1 aromatic rings. The van der Waals surface area contributed by atoms with Gasteiger partial charge in [0, 0.05) is 56.6 Å². The first-order valence-electron chi connectivity index (χ1n) is 12.2. The molecule has 3 aliphatic rings. The maximum atomic E-state index is 13.6. The van der Waals surface area contributed by atoms with Crippen LogP contribution in [0.1, 0.15) is 68.1 Å². The highest BCUT2D eigenvalue weighted by atomic mass is 16.2. The quantitative estimate of drug-likeness (QED) is 0.722. The summed E-state index contributed by atoms with van der Waals surface area (Å²) >= 11 is 0. The molecule has 3 heterocycles. The van der Waals surface area contributed by atoms with E-state index in [2.05, 4.69) is 4.98 Å². The third-order valence-electron chi connectivity index (χ3n) is 7.72. The number of amides is 3. The summed E-state index contributed by atoms with van der Waals surface area (Å²) in [6.07, 6.45) is 13.0. The van der Waals surface area contributed by atoms with E-state index in [0.29, 0.717) is 18.7 Å². The third-order valence-corrected chi connectivity index (χ3v) is 7.72. The van der Waals surface area contributed by atoms with E-state index in [4.69, 9.17) is 0 Å². The third kappa shape index (κ3) is 4.81. The van der Waals surface area contributed by atoms with Gasteiger partial charge in [-0.05, 0) is 37.8 Å². The molecule has 1 spiro atoms. The number of carbonyl (C=O) groups excluding carboxylic acids is 3. The normalized spacial score (nSPS) is 23.1. The Kier molecular flexibility index (Phi) is 7.11. The average Bonchev–Trinajstić information content (AvgIpc) is 2.99. The number of likely N-dealkylation sites (N-methyl/N-ethyl adjacent to an activating group) is 1. The molecule has 7 nitrogen and oxygen atoms in total. The van der Waals surface area contributed by atoms with E-state index in [9.17, 15) is 14.4 Å². The first-order valence-corrected chi connectivity index (χ1v) is 12.2. The van der Waals surface area contributed by atoms with E-state index in [1.807, 2.05) is 9.80 Å². The lowest BCUT2D eigenvalue weighted by Gasteiger charge is -2.38. The fourth-order valence-electron chi connectivity index (χ4n) is 5.87. The number of carbonyl (C=O) groups is 3. The molecule has 3 amide bonds. The van der Waals surface area contributed by atoms with Crippen LogP contribution in [0.15, 0.2) is 24.5 Å². The topological polar surface area (TPSA) is 73.8 Å². The molecule has 174 valence electrons. The second kappa shape index (κ2) is 10.0. The molecular weight excluding hydrogens is 404 g/mol. The maximum absolute atomic E-state index is 13.6. The van der Waals surface area contributed by atoms with Crippen LogP contribution in [0.2, 0.25) is 0 Å². The summed E-state index contributed by atoms with van der Waals surface area (Å²) in [5, 5.41) is 0. The van der Waals surface area contributed by atoms with Crippen molar-refractivity contribution in [2.24, 2.45) is 11.3 Å². The second-order valence-corrected chi connectivity index (χ2v) is 9.89. The van der Waals surface area contributed by atoms with Gasteiger partial charge in [-0.25, -0.2) is 0 Å². The van der Waals surface area contributed by atoms with Gasteiger partial charge in [-0.1, -0.05) is 32.1 Å². The van der Waals surface area contributed by atoms with Crippen molar-refractivity contribution < 1.29 is 14.4 Å². The van der Waals surface area contributed by atoms with E-state index in [-0.39, 0.29) is 35.6 Å². The molecule has 1 atom stereocenters. The maximum Gasteiger partial charge on any atom is 0.254 e. The molecule has 32 heavy (non-hydrogen) atoms. The number of nitrogens with zero attached hydrogens (tertiary/aromatic N) is 4. The van der Waals surface area contributed by atoms with Crippen molar-refractivity contribution in [3.63, 3.8) is 0 Å². The molecule has 2 saturated heterocycles. The van der Waals surface area contributed by atoms with Crippen molar-refractivity contribution in [3.05, 3.63) is 30.1 Å². The summed E-state index contributed by atoms with van der Waals surface area (Å²) in [6, 6.07) is 3.47. The van der Waals surface area contributed by atoms with E-state index in [1.165, 1.54) is 19.3 Å². The van der Waals surface area contributed by atoms with Gasteiger partial charge >= 0.3 is 0 Å². The van der Waals surface area contributed by atoms with Crippen LogP contribution < -0.4 is 0 Å². The van der Waals surface area contributed by atoms with Gasteiger partial charge in [0.25, 0.3) is 5.91 Å². The predicted molar refractivity (Wildman–Crippen MR) is 122 cm³/mol. The number of likely N-dealkylation sites (tertiary alicyclic amines) is 2. The van der Waals surface area contributed by atoms with Gasteiger partial charge in [0.1, 0.15) is 0 Å². The zero-order valence-electron chi connectivity index (χ0n) is 19.3. The minimum absolute atomic E-state index is 0.0140. The number of aromatic nitrogens is 1. The highest BCUT2D eigenvalue weighted by Crippen LogP contribution is 2.48. The van der Waals surface area contributed by atoms with E-state index >= 15 is 0 Å². The molecular formula is C25H36N4O3. The van der Waals surface area contributed by atoms with Crippen molar-refractivity contribution in [1.29, 1.82) is 0 Å². The van der Waals surface area contributed by atoms with Gasteiger partial charge in [-0.2, -0.15) is 0 Å². The lowest BCUT2D eigenvalue weighted by molar-refractivity contribution is -0.144. The Morgan fingerprint density at radius 1 is 0.969 bits per heavy atom. The van der Waals surface area contributed by atoms with Crippen molar-refractivity contribution in [3.8, 4) is 0 Å². The molecule has 4 rings (SSSR count). The van der Waals surface area contributed by atoms with Crippen LogP contribution >= 0.6 is 0 Å². The molecule has 3 fully saturated rings. The van der Waals surface area contributed by atoms with Gasteiger partial charge in [0.15, 0.2) is 0 Å². The fraction of sp³-hybridized carbons (Fsp3) is 0.680. The van der Waals surface area contributed by atoms with Crippen LogP contribution in [0.5, 0.6) is 0 Å². The summed E-state index contributed by atoms with van der Waals surface area (Å²) < 4.78 is 0. The van der Waals surface area contributed by atoms with Crippen LogP contribution in [0.3, 0.4) is 0 Å². The van der Waals surface area contributed by atoms with Gasteiger partial charge in [0.05, 0.1) is 12.5 Å². The Balaban J connectivity index is 1.47. The lowest BCUT2D eigenvalue weighted by atomic mass is 9.67. The Labute approximate surface area is 191 Å².